The number of anilines is 1. The molecule has 1 fully saturated rings. The Balaban J connectivity index is 0.00000220. The SMILES string of the molecule is COc1cc(C)ccc1NC(=O)CCC1CCNCC1.Cl. The lowest BCUT2D eigenvalue weighted by molar-refractivity contribution is -0.116. The van der Waals surface area contributed by atoms with Crippen LogP contribution >= 0.6 is 12.4 Å². The molecule has 1 aliphatic rings. The molecule has 1 heterocycles. The van der Waals surface area contributed by atoms with E-state index in [0.29, 0.717) is 12.3 Å². The molecular weight excluding hydrogens is 288 g/mol. The van der Waals surface area contributed by atoms with Gasteiger partial charge in [-0.3, -0.25) is 4.79 Å². The van der Waals surface area contributed by atoms with Crippen molar-refractivity contribution in [3.05, 3.63) is 23.8 Å². The van der Waals surface area contributed by atoms with Crippen LogP contribution in [0.4, 0.5) is 5.69 Å². The molecule has 0 saturated carbocycles. The van der Waals surface area contributed by atoms with Crippen LogP contribution in [0.1, 0.15) is 31.2 Å². The fraction of sp³-hybridized carbons (Fsp3) is 0.562. The van der Waals surface area contributed by atoms with E-state index in [2.05, 4.69) is 10.6 Å². The Bertz CT molecular complexity index is 460. The van der Waals surface area contributed by atoms with Crippen LogP contribution in [0.15, 0.2) is 18.2 Å². The van der Waals surface area contributed by atoms with Crippen molar-refractivity contribution in [2.75, 3.05) is 25.5 Å². The summed E-state index contributed by atoms with van der Waals surface area (Å²) in [6, 6.07) is 5.81. The molecule has 0 aliphatic carbocycles. The number of ether oxygens (including phenoxy) is 1. The van der Waals surface area contributed by atoms with Gasteiger partial charge in [0.1, 0.15) is 5.75 Å². The molecule has 4 nitrogen and oxygen atoms in total. The summed E-state index contributed by atoms with van der Waals surface area (Å²) < 4.78 is 5.30. The lowest BCUT2D eigenvalue weighted by Crippen LogP contribution is -2.28. The first kappa shape index (κ1) is 17.8. The maximum absolute atomic E-state index is 12.0. The largest absolute Gasteiger partial charge is 0.495 e. The number of rotatable bonds is 5. The maximum atomic E-state index is 12.0. The van der Waals surface area contributed by atoms with Crippen molar-refractivity contribution in [1.82, 2.24) is 5.32 Å². The number of benzene rings is 1. The van der Waals surface area contributed by atoms with E-state index in [1.807, 2.05) is 25.1 Å². The van der Waals surface area contributed by atoms with E-state index >= 15 is 0 Å². The third-order valence-electron chi connectivity index (χ3n) is 3.87. The molecular formula is C16H25ClN2O2. The van der Waals surface area contributed by atoms with E-state index in [1.165, 1.54) is 12.8 Å². The van der Waals surface area contributed by atoms with Crippen LogP contribution in [0, 0.1) is 12.8 Å². The zero-order valence-electron chi connectivity index (χ0n) is 12.8. The normalized spacial score (nSPS) is 15.1. The predicted molar refractivity (Wildman–Crippen MR) is 88.4 cm³/mol. The molecule has 1 saturated heterocycles. The second kappa shape index (κ2) is 8.90. The van der Waals surface area contributed by atoms with Gasteiger partial charge in [0, 0.05) is 6.42 Å². The number of nitrogens with one attached hydrogen (secondary N) is 2. The third kappa shape index (κ3) is 5.56. The maximum Gasteiger partial charge on any atom is 0.224 e. The van der Waals surface area contributed by atoms with Gasteiger partial charge in [0.15, 0.2) is 0 Å². The highest BCUT2D eigenvalue weighted by Gasteiger charge is 2.15. The van der Waals surface area contributed by atoms with E-state index in [1.54, 1.807) is 7.11 Å². The Morgan fingerprint density at radius 2 is 2.10 bits per heavy atom. The van der Waals surface area contributed by atoms with Gasteiger partial charge < -0.3 is 15.4 Å². The predicted octanol–water partition coefficient (Wildman–Crippen LogP) is 3.14. The van der Waals surface area contributed by atoms with Gasteiger partial charge in [0.2, 0.25) is 5.91 Å². The summed E-state index contributed by atoms with van der Waals surface area (Å²) in [7, 11) is 1.62. The van der Waals surface area contributed by atoms with E-state index in [-0.39, 0.29) is 18.3 Å². The summed E-state index contributed by atoms with van der Waals surface area (Å²) >= 11 is 0. The van der Waals surface area contributed by atoms with Crippen LogP contribution < -0.4 is 15.4 Å². The van der Waals surface area contributed by atoms with Gasteiger partial charge in [-0.05, 0) is 62.9 Å². The molecule has 0 unspecified atom stereocenters. The minimum Gasteiger partial charge on any atom is -0.495 e. The first-order valence-electron chi connectivity index (χ1n) is 7.34. The zero-order chi connectivity index (χ0) is 14.4. The van der Waals surface area contributed by atoms with Gasteiger partial charge in [-0.1, -0.05) is 6.07 Å². The summed E-state index contributed by atoms with van der Waals surface area (Å²) in [5.74, 6) is 1.48. The first-order chi connectivity index (χ1) is 9.69. The average molecular weight is 313 g/mol. The van der Waals surface area contributed by atoms with Crippen molar-refractivity contribution in [3.8, 4) is 5.75 Å². The van der Waals surface area contributed by atoms with Crippen molar-refractivity contribution < 1.29 is 9.53 Å². The number of amides is 1. The molecule has 0 spiro atoms. The molecule has 0 bridgehead atoms. The van der Waals surface area contributed by atoms with Crippen molar-refractivity contribution in [3.63, 3.8) is 0 Å². The molecule has 2 N–H and O–H groups in total. The van der Waals surface area contributed by atoms with Gasteiger partial charge in [0.05, 0.1) is 12.8 Å². The minimum atomic E-state index is 0. The molecule has 1 amide bonds. The molecule has 118 valence electrons. The molecule has 0 atom stereocenters. The Morgan fingerprint density at radius 1 is 1.38 bits per heavy atom. The lowest BCUT2D eigenvalue weighted by Gasteiger charge is -2.22. The number of hydrogen-bond acceptors (Lipinski definition) is 3. The standard InChI is InChI=1S/C16H24N2O2.ClH/c1-12-3-5-14(15(11-12)20-2)18-16(19)6-4-13-7-9-17-10-8-13;/h3,5,11,13,17H,4,6-10H2,1-2H3,(H,18,19);1H. The molecule has 1 aromatic carbocycles. The molecule has 2 rings (SSSR count). The number of aryl methyl sites for hydroxylation is 1. The van der Waals surface area contributed by atoms with Crippen LogP contribution in [-0.2, 0) is 4.79 Å². The van der Waals surface area contributed by atoms with Crippen LogP contribution in [0.2, 0.25) is 0 Å². The van der Waals surface area contributed by atoms with Crippen LogP contribution in [0.5, 0.6) is 5.75 Å². The van der Waals surface area contributed by atoms with Crippen LogP contribution in [0.25, 0.3) is 0 Å². The smallest absolute Gasteiger partial charge is 0.224 e. The molecule has 21 heavy (non-hydrogen) atoms. The Morgan fingerprint density at radius 3 is 2.76 bits per heavy atom. The van der Waals surface area contributed by atoms with Crippen molar-refractivity contribution in [2.24, 2.45) is 5.92 Å². The molecule has 0 radical (unpaired) electrons. The number of halogens is 1. The topological polar surface area (TPSA) is 50.4 Å². The summed E-state index contributed by atoms with van der Waals surface area (Å²) in [4.78, 5) is 12.0. The summed E-state index contributed by atoms with van der Waals surface area (Å²) in [6.07, 6.45) is 3.92. The quantitative estimate of drug-likeness (QED) is 0.878. The van der Waals surface area contributed by atoms with Crippen molar-refractivity contribution in [1.29, 1.82) is 0 Å². The summed E-state index contributed by atoms with van der Waals surface area (Å²) in [5, 5.41) is 6.29. The average Bonchev–Trinajstić information content (AvgIpc) is 2.48. The van der Waals surface area contributed by atoms with Gasteiger partial charge in [0.25, 0.3) is 0 Å². The number of piperidine rings is 1. The summed E-state index contributed by atoms with van der Waals surface area (Å²) in [5.41, 5.74) is 1.88. The number of carbonyl (C=O) groups excluding carboxylic acids is 1. The highest BCUT2D eigenvalue weighted by atomic mass is 35.5. The molecule has 1 aromatic rings. The second-order valence-corrected chi connectivity index (χ2v) is 5.48. The van der Waals surface area contributed by atoms with Crippen LogP contribution in [-0.4, -0.2) is 26.1 Å². The van der Waals surface area contributed by atoms with E-state index in [0.717, 1.165) is 36.5 Å². The van der Waals surface area contributed by atoms with E-state index in [4.69, 9.17) is 4.74 Å². The Labute approximate surface area is 133 Å². The van der Waals surface area contributed by atoms with Gasteiger partial charge in [-0.15, -0.1) is 12.4 Å². The molecule has 5 heteroatoms. The number of hydrogen-bond donors (Lipinski definition) is 2. The fourth-order valence-corrected chi connectivity index (χ4v) is 2.62. The fourth-order valence-electron chi connectivity index (χ4n) is 2.62. The highest BCUT2D eigenvalue weighted by molar-refractivity contribution is 5.92. The molecule has 0 aromatic heterocycles. The number of methoxy groups -OCH3 is 1. The van der Waals surface area contributed by atoms with Crippen molar-refractivity contribution >= 4 is 24.0 Å². The second-order valence-electron chi connectivity index (χ2n) is 5.48. The van der Waals surface area contributed by atoms with E-state index in [9.17, 15) is 4.79 Å². The molecule has 1 aliphatic heterocycles. The van der Waals surface area contributed by atoms with Crippen LogP contribution in [0.3, 0.4) is 0 Å². The van der Waals surface area contributed by atoms with Crippen molar-refractivity contribution in [2.45, 2.75) is 32.6 Å². The Kier molecular flexibility index (Phi) is 7.54. The van der Waals surface area contributed by atoms with E-state index < -0.39 is 0 Å². The monoisotopic (exact) mass is 312 g/mol. The lowest BCUT2D eigenvalue weighted by atomic mass is 9.93. The minimum absolute atomic E-state index is 0. The summed E-state index contributed by atoms with van der Waals surface area (Å²) in [6.45, 7) is 4.17. The number of carbonyl (C=O) groups is 1. The van der Waals surface area contributed by atoms with Gasteiger partial charge >= 0.3 is 0 Å². The third-order valence-corrected chi connectivity index (χ3v) is 3.87. The van der Waals surface area contributed by atoms with Gasteiger partial charge in [-0.2, -0.15) is 0 Å². The zero-order valence-corrected chi connectivity index (χ0v) is 13.6. The van der Waals surface area contributed by atoms with Gasteiger partial charge in [-0.25, -0.2) is 0 Å². The highest BCUT2D eigenvalue weighted by Crippen LogP contribution is 2.26. The Hall–Kier alpha value is -1.26. The first-order valence-corrected chi connectivity index (χ1v) is 7.34.